The first-order chi connectivity index (χ1) is 12.5. The van der Waals surface area contributed by atoms with E-state index in [2.05, 4.69) is 10.5 Å². The van der Waals surface area contributed by atoms with E-state index in [0.717, 1.165) is 11.1 Å². The number of nitrogens with one attached hydrogen (secondary N) is 1. The quantitative estimate of drug-likeness (QED) is 0.456. The maximum atomic E-state index is 10.9. The van der Waals surface area contributed by atoms with Crippen molar-refractivity contribution >= 4 is 35.4 Å². The molecular weight excluding hydrogens is 375 g/mol. The smallest absolute Gasteiger partial charge is 0.335 e. The summed E-state index contributed by atoms with van der Waals surface area (Å²) in [6, 6.07) is 15.3. The molecule has 0 atom stereocenters. The molecule has 26 heavy (non-hydrogen) atoms. The predicted molar refractivity (Wildman–Crippen MR) is 102 cm³/mol. The topological polar surface area (TPSA) is 74.8 Å². The second-order valence-corrected chi connectivity index (χ2v) is 6.19. The predicted octanol–water partition coefficient (Wildman–Crippen LogP) is 5.08. The number of benzene rings is 2. The van der Waals surface area contributed by atoms with Crippen molar-refractivity contribution in [1.82, 2.24) is 5.43 Å². The number of carbonyl (C=O) groups is 1. The fraction of sp³-hybridized carbons (Fsp3) is 0.0526. The van der Waals surface area contributed by atoms with Crippen LogP contribution in [0.4, 0.5) is 0 Å². The van der Waals surface area contributed by atoms with Gasteiger partial charge in [0.1, 0.15) is 11.5 Å². The molecule has 1 aromatic heterocycles. The van der Waals surface area contributed by atoms with Crippen LogP contribution in [0.25, 0.3) is 11.3 Å². The van der Waals surface area contributed by atoms with E-state index < -0.39 is 5.97 Å². The van der Waals surface area contributed by atoms with E-state index in [1.54, 1.807) is 48.7 Å². The zero-order valence-corrected chi connectivity index (χ0v) is 15.0. The molecule has 3 rings (SSSR count). The van der Waals surface area contributed by atoms with Gasteiger partial charge >= 0.3 is 5.97 Å². The lowest BCUT2D eigenvalue weighted by atomic mass is 10.1. The van der Waals surface area contributed by atoms with Gasteiger partial charge in [-0.3, -0.25) is 0 Å². The molecule has 0 bridgehead atoms. The Balaban J connectivity index is 1.63. The second kappa shape index (κ2) is 8.08. The van der Waals surface area contributed by atoms with Crippen LogP contribution in [-0.4, -0.2) is 17.3 Å². The fourth-order valence-corrected chi connectivity index (χ4v) is 2.82. The van der Waals surface area contributed by atoms with Crippen molar-refractivity contribution < 1.29 is 14.3 Å². The molecule has 5 nitrogen and oxygen atoms in total. The summed E-state index contributed by atoms with van der Waals surface area (Å²) in [6.07, 6.45) is 1.54. The van der Waals surface area contributed by atoms with Crippen LogP contribution in [0.3, 0.4) is 0 Å². The zero-order chi connectivity index (χ0) is 18.5. The largest absolute Gasteiger partial charge is 0.478 e. The van der Waals surface area contributed by atoms with E-state index in [9.17, 15) is 4.79 Å². The highest BCUT2D eigenvalue weighted by Gasteiger charge is 2.07. The summed E-state index contributed by atoms with van der Waals surface area (Å²) in [6.45, 7) is 0.388. The van der Waals surface area contributed by atoms with E-state index in [1.165, 1.54) is 12.1 Å². The van der Waals surface area contributed by atoms with Crippen LogP contribution in [0, 0.1) is 0 Å². The normalized spacial score (nSPS) is 11.0. The van der Waals surface area contributed by atoms with E-state index in [0.29, 0.717) is 28.1 Å². The first kappa shape index (κ1) is 18.0. The summed E-state index contributed by atoms with van der Waals surface area (Å²) in [4.78, 5) is 10.9. The Bertz CT molecular complexity index is 929. The maximum absolute atomic E-state index is 10.9. The molecule has 0 aliphatic carbocycles. The molecule has 0 saturated heterocycles. The minimum atomic E-state index is -0.964. The Morgan fingerprint density at radius 2 is 1.77 bits per heavy atom. The summed E-state index contributed by atoms with van der Waals surface area (Å²) in [5.41, 5.74) is 4.66. The summed E-state index contributed by atoms with van der Waals surface area (Å²) < 4.78 is 5.68. The lowest BCUT2D eigenvalue weighted by Crippen LogP contribution is -2.06. The summed E-state index contributed by atoms with van der Waals surface area (Å²) >= 11 is 12.2. The third kappa shape index (κ3) is 4.25. The van der Waals surface area contributed by atoms with Gasteiger partial charge in [0.25, 0.3) is 0 Å². The Morgan fingerprint density at radius 1 is 1.08 bits per heavy atom. The van der Waals surface area contributed by atoms with Crippen LogP contribution >= 0.6 is 23.2 Å². The van der Waals surface area contributed by atoms with Gasteiger partial charge in [-0.05, 0) is 36.4 Å². The van der Waals surface area contributed by atoms with Crippen molar-refractivity contribution in [2.75, 3.05) is 0 Å². The minimum Gasteiger partial charge on any atom is -0.478 e. The SMILES string of the molecule is O=C(O)c1ccc(-c2ccc(/C=N/NCc3c(Cl)cccc3Cl)o2)cc1. The molecule has 7 heteroatoms. The molecule has 0 saturated carbocycles. The number of aromatic carboxylic acids is 1. The highest BCUT2D eigenvalue weighted by molar-refractivity contribution is 6.35. The Hall–Kier alpha value is -2.76. The van der Waals surface area contributed by atoms with Gasteiger partial charge in [0.05, 0.1) is 18.3 Å². The van der Waals surface area contributed by atoms with Crippen molar-refractivity contribution in [2.45, 2.75) is 6.54 Å². The van der Waals surface area contributed by atoms with Crippen LogP contribution in [0.15, 0.2) is 64.1 Å². The summed E-state index contributed by atoms with van der Waals surface area (Å²) in [5, 5.41) is 14.2. The number of carboxylic acids is 1. The highest BCUT2D eigenvalue weighted by atomic mass is 35.5. The number of hydrogen-bond acceptors (Lipinski definition) is 4. The number of carboxylic acid groups (broad SMARTS) is 1. The number of nitrogens with zero attached hydrogens (tertiary/aromatic N) is 1. The number of hydrazone groups is 1. The van der Waals surface area contributed by atoms with E-state index >= 15 is 0 Å². The van der Waals surface area contributed by atoms with Gasteiger partial charge in [-0.25, -0.2) is 4.79 Å². The van der Waals surface area contributed by atoms with Gasteiger partial charge < -0.3 is 14.9 Å². The van der Waals surface area contributed by atoms with Gasteiger partial charge in [-0.15, -0.1) is 0 Å². The second-order valence-electron chi connectivity index (χ2n) is 5.38. The summed E-state index contributed by atoms with van der Waals surface area (Å²) in [5.74, 6) is 0.214. The van der Waals surface area contributed by atoms with Crippen LogP contribution in [0.5, 0.6) is 0 Å². The lowest BCUT2D eigenvalue weighted by Gasteiger charge is -2.05. The van der Waals surface area contributed by atoms with Crippen molar-refractivity contribution in [3.8, 4) is 11.3 Å². The van der Waals surface area contributed by atoms with Crippen molar-refractivity contribution in [1.29, 1.82) is 0 Å². The Morgan fingerprint density at radius 3 is 2.42 bits per heavy atom. The Kier molecular flexibility index (Phi) is 5.61. The number of rotatable bonds is 6. The molecule has 0 amide bonds. The van der Waals surface area contributed by atoms with Gasteiger partial charge in [0.2, 0.25) is 0 Å². The van der Waals surface area contributed by atoms with Crippen LogP contribution in [0.2, 0.25) is 10.0 Å². The number of hydrogen-bond donors (Lipinski definition) is 2. The summed E-state index contributed by atoms with van der Waals surface area (Å²) in [7, 11) is 0. The first-order valence-electron chi connectivity index (χ1n) is 7.67. The standard InChI is InChI=1S/C19H14Cl2N2O3/c20-16-2-1-3-17(21)15(16)11-23-22-10-14-8-9-18(26-14)12-4-6-13(7-5-12)19(24)25/h1-10,23H,11H2,(H,24,25)/b22-10+. The number of furan rings is 1. The van der Waals surface area contributed by atoms with Crippen molar-refractivity contribution in [3.63, 3.8) is 0 Å². The van der Waals surface area contributed by atoms with Gasteiger partial charge in [-0.2, -0.15) is 5.10 Å². The maximum Gasteiger partial charge on any atom is 0.335 e. The average Bonchev–Trinajstić information content (AvgIpc) is 3.09. The van der Waals surface area contributed by atoms with E-state index in [4.69, 9.17) is 32.7 Å². The molecule has 0 unspecified atom stereocenters. The Labute approximate surface area is 159 Å². The van der Waals surface area contributed by atoms with Crippen molar-refractivity contribution in [3.05, 3.63) is 81.5 Å². The third-order valence-electron chi connectivity index (χ3n) is 3.64. The van der Waals surface area contributed by atoms with E-state index in [1.807, 2.05) is 0 Å². The monoisotopic (exact) mass is 388 g/mol. The molecule has 2 N–H and O–H groups in total. The van der Waals surface area contributed by atoms with E-state index in [-0.39, 0.29) is 5.56 Å². The highest BCUT2D eigenvalue weighted by Crippen LogP contribution is 2.24. The third-order valence-corrected chi connectivity index (χ3v) is 4.35. The minimum absolute atomic E-state index is 0.226. The first-order valence-corrected chi connectivity index (χ1v) is 8.42. The molecule has 0 spiro atoms. The van der Waals surface area contributed by atoms with Crippen LogP contribution in [0.1, 0.15) is 21.7 Å². The molecule has 0 radical (unpaired) electrons. The average molecular weight is 389 g/mol. The molecule has 0 aliphatic heterocycles. The molecule has 3 aromatic rings. The molecule has 0 fully saturated rings. The van der Waals surface area contributed by atoms with Crippen LogP contribution < -0.4 is 5.43 Å². The molecular formula is C19H14Cl2N2O3. The molecule has 1 heterocycles. The van der Waals surface area contributed by atoms with Gasteiger partial charge in [-0.1, -0.05) is 41.4 Å². The van der Waals surface area contributed by atoms with Gasteiger partial charge in [0, 0.05) is 21.2 Å². The molecule has 0 aliphatic rings. The van der Waals surface area contributed by atoms with Crippen LogP contribution in [-0.2, 0) is 6.54 Å². The van der Waals surface area contributed by atoms with Gasteiger partial charge in [0.15, 0.2) is 0 Å². The number of halogens is 2. The fourth-order valence-electron chi connectivity index (χ4n) is 2.29. The molecule has 132 valence electrons. The molecule has 2 aromatic carbocycles. The zero-order valence-electron chi connectivity index (χ0n) is 13.4. The van der Waals surface area contributed by atoms with Crippen molar-refractivity contribution in [2.24, 2.45) is 5.10 Å². The lowest BCUT2D eigenvalue weighted by molar-refractivity contribution is 0.0697.